The number of nitrogens with two attached hydrogens (primary N) is 1. The summed E-state index contributed by atoms with van der Waals surface area (Å²) in [6.45, 7) is 0.560. The molecule has 1 aromatic carbocycles. The van der Waals surface area contributed by atoms with Gasteiger partial charge in [0.05, 0.1) is 35.5 Å². The number of aldehydes is 1. The molecule has 2 aliphatic heterocycles. The molecule has 3 heterocycles. The van der Waals surface area contributed by atoms with E-state index in [1.807, 2.05) is 0 Å². The molecule has 3 amide bonds. The number of morpholine rings is 1. The van der Waals surface area contributed by atoms with E-state index in [1.165, 1.54) is 17.0 Å². The molecule has 0 aliphatic carbocycles. The van der Waals surface area contributed by atoms with Crippen molar-refractivity contribution in [1.82, 2.24) is 10.2 Å². The highest BCUT2D eigenvalue weighted by atomic mass is 35.5. The van der Waals surface area contributed by atoms with Crippen molar-refractivity contribution < 1.29 is 38.6 Å². The Kier molecular flexibility index (Phi) is 14.3. The van der Waals surface area contributed by atoms with Crippen LogP contribution in [0.15, 0.2) is 36.4 Å². The Labute approximate surface area is 275 Å². The number of anilines is 2. The first-order valence-corrected chi connectivity index (χ1v) is 14.6. The molecule has 2 saturated heterocycles. The quantitative estimate of drug-likeness (QED) is 0.152. The molecule has 44 heavy (non-hydrogen) atoms. The highest BCUT2D eigenvalue weighted by Crippen LogP contribution is 2.31. The van der Waals surface area contributed by atoms with Crippen molar-refractivity contribution in [1.29, 1.82) is 0 Å². The molecule has 17 heteroatoms. The number of hydrogen-bond acceptors (Lipinski definition) is 10. The van der Waals surface area contributed by atoms with Crippen LogP contribution in [0.2, 0.25) is 4.34 Å². The zero-order valence-electron chi connectivity index (χ0n) is 23.5. The molecule has 0 unspecified atom stereocenters. The number of rotatable bonds is 14. The maximum absolute atomic E-state index is 13.8. The third-order valence-corrected chi connectivity index (χ3v) is 8.25. The molecule has 242 valence electrons. The van der Waals surface area contributed by atoms with Crippen LogP contribution in [0.1, 0.15) is 28.9 Å². The fourth-order valence-electron chi connectivity index (χ4n) is 4.96. The number of nitrogens with one attached hydrogen (secondary N) is 1. The van der Waals surface area contributed by atoms with Crippen molar-refractivity contribution >= 4 is 89.3 Å². The summed E-state index contributed by atoms with van der Waals surface area (Å²) in [5.74, 6) is -2.18. The lowest BCUT2D eigenvalue weighted by Crippen LogP contribution is -2.67. The molecule has 2 fully saturated rings. The van der Waals surface area contributed by atoms with Crippen LogP contribution in [-0.4, -0.2) is 97.9 Å². The van der Waals surface area contributed by atoms with E-state index in [2.05, 4.69) is 5.32 Å². The smallest absolute Gasteiger partial charge is 0.414 e. The van der Waals surface area contributed by atoms with Crippen LogP contribution in [0, 0.1) is 0 Å². The van der Waals surface area contributed by atoms with Crippen LogP contribution < -0.4 is 20.9 Å². The van der Waals surface area contributed by atoms with Crippen LogP contribution >= 0.6 is 47.8 Å². The van der Waals surface area contributed by atoms with Crippen LogP contribution in [0.25, 0.3) is 0 Å². The Balaban J connectivity index is 0.00000337. The van der Waals surface area contributed by atoms with E-state index in [-0.39, 0.29) is 68.3 Å². The Morgan fingerprint density at radius 3 is 2.39 bits per heavy atom. The normalized spacial score (nSPS) is 17.6. The van der Waals surface area contributed by atoms with Crippen molar-refractivity contribution in [3.05, 3.63) is 45.6 Å². The molecule has 0 radical (unpaired) electrons. The number of thiophene rings is 1. The number of carbonyl (C=O) groups is 5. The number of carbonyl (C=O) groups excluding carboxylic acids is 4. The van der Waals surface area contributed by atoms with Crippen molar-refractivity contribution in [2.24, 2.45) is 5.73 Å². The molecule has 2 aliphatic rings. The summed E-state index contributed by atoms with van der Waals surface area (Å²) >= 11 is 7.05. The number of hydrogen-bond donors (Lipinski definition) is 3. The van der Waals surface area contributed by atoms with Gasteiger partial charge in [0.25, 0.3) is 11.8 Å². The Bertz CT molecular complexity index is 1320. The van der Waals surface area contributed by atoms with Gasteiger partial charge in [0, 0.05) is 17.9 Å². The highest BCUT2D eigenvalue weighted by molar-refractivity contribution is 7.18. The third kappa shape index (κ3) is 8.38. The molecular weight excluding hydrogens is 661 g/mol. The Morgan fingerprint density at radius 1 is 1.14 bits per heavy atom. The molecule has 2 aromatic rings. The summed E-state index contributed by atoms with van der Waals surface area (Å²) < 4.78 is 11.1. The third-order valence-electron chi connectivity index (χ3n) is 7.03. The van der Waals surface area contributed by atoms with Gasteiger partial charge in [0.15, 0.2) is 5.66 Å². The van der Waals surface area contributed by atoms with Gasteiger partial charge < -0.3 is 34.9 Å². The van der Waals surface area contributed by atoms with Crippen LogP contribution in [-0.2, 0) is 23.9 Å². The van der Waals surface area contributed by atoms with E-state index in [1.54, 1.807) is 29.2 Å². The molecule has 0 bridgehead atoms. The number of benzene rings is 1. The molecule has 2 atom stereocenters. The zero-order valence-corrected chi connectivity index (χ0v) is 26.7. The van der Waals surface area contributed by atoms with Gasteiger partial charge in [-0.3, -0.25) is 19.8 Å². The second-order valence-electron chi connectivity index (χ2n) is 9.71. The van der Waals surface area contributed by atoms with Gasteiger partial charge >= 0.3 is 12.1 Å². The number of amides is 3. The standard InChI is InChI=1S/C27H32ClN5O8S.2ClH/c28-22-8-7-21(42-22)24(36)33(27(25(37)38,30-11-13-34)9-1-2-10-29)16-20-15-32(26(39)41-20)19-5-3-18(4-6-19)31-12-14-40-17-23(31)35;;/h3-8,13,20,30H,1-2,9-12,14-17,29H2,(H,37,38);2*1H/t20-,27-;;/m1../s1. The largest absolute Gasteiger partial charge is 0.478 e. The van der Waals surface area contributed by atoms with Crippen LogP contribution in [0.3, 0.4) is 0 Å². The maximum atomic E-state index is 13.8. The summed E-state index contributed by atoms with van der Waals surface area (Å²) in [4.78, 5) is 67.3. The summed E-state index contributed by atoms with van der Waals surface area (Å²) in [5.41, 5.74) is 4.81. The molecule has 4 N–H and O–H groups in total. The molecular formula is C27H34Cl3N5O8S. The molecule has 0 spiro atoms. The first-order chi connectivity index (χ1) is 20.2. The first kappa shape index (κ1) is 37.2. The minimum Gasteiger partial charge on any atom is -0.478 e. The van der Waals surface area contributed by atoms with Crippen molar-refractivity contribution in [2.75, 3.05) is 55.7 Å². The predicted octanol–water partition coefficient (Wildman–Crippen LogP) is 2.77. The molecule has 0 saturated carbocycles. The number of halogens is 3. The monoisotopic (exact) mass is 693 g/mol. The van der Waals surface area contributed by atoms with Crippen molar-refractivity contribution in [3.8, 4) is 0 Å². The van der Waals surface area contributed by atoms with Gasteiger partial charge in [-0.2, -0.15) is 0 Å². The van der Waals surface area contributed by atoms with Gasteiger partial charge in [0.1, 0.15) is 19.0 Å². The molecule has 13 nitrogen and oxygen atoms in total. The Hall–Kier alpha value is -2.98. The number of unbranched alkanes of at least 4 members (excludes halogenated alkanes) is 1. The number of ether oxygens (including phenoxy) is 2. The second kappa shape index (κ2) is 16.9. The lowest BCUT2D eigenvalue weighted by Gasteiger charge is -2.41. The summed E-state index contributed by atoms with van der Waals surface area (Å²) in [6, 6.07) is 9.80. The van der Waals surface area contributed by atoms with Gasteiger partial charge in [-0.1, -0.05) is 11.6 Å². The van der Waals surface area contributed by atoms with Crippen LogP contribution in [0.5, 0.6) is 0 Å². The minimum absolute atomic E-state index is 0. The van der Waals surface area contributed by atoms with E-state index in [4.69, 9.17) is 26.8 Å². The average Bonchev–Trinajstić information content (AvgIpc) is 3.58. The van der Waals surface area contributed by atoms with Crippen molar-refractivity contribution in [2.45, 2.75) is 31.0 Å². The summed E-state index contributed by atoms with van der Waals surface area (Å²) in [5, 5.41) is 13.2. The first-order valence-electron chi connectivity index (χ1n) is 13.4. The summed E-state index contributed by atoms with van der Waals surface area (Å²) in [6.07, 6.45) is -0.280. The topological polar surface area (TPSA) is 172 Å². The van der Waals surface area contributed by atoms with Gasteiger partial charge in [0.2, 0.25) is 0 Å². The minimum atomic E-state index is -1.99. The van der Waals surface area contributed by atoms with Gasteiger partial charge in [-0.25, -0.2) is 9.59 Å². The van der Waals surface area contributed by atoms with E-state index in [0.29, 0.717) is 54.5 Å². The molecule has 1 aromatic heterocycles. The number of aliphatic carboxylic acids is 1. The number of carboxylic acids is 1. The predicted molar refractivity (Wildman–Crippen MR) is 169 cm³/mol. The van der Waals surface area contributed by atoms with E-state index < -0.39 is 29.7 Å². The van der Waals surface area contributed by atoms with E-state index >= 15 is 0 Å². The number of carboxylic acid groups (broad SMARTS) is 1. The number of cyclic esters (lactones) is 1. The van der Waals surface area contributed by atoms with Crippen molar-refractivity contribution in [3.63, 3.8) is 0 Å². The maximum Gasteiger partial charge on any atom is 0.414 e. The fourth-order valence-corrected chi connectivity index (χ4v) is 5.95. The Morgan fingerprint density at radius 2 is 1.82 bits per heavy atom. The van der Waals surface area contributed by atoms with Crippen LogP contribution in [0.4, 0.5) is 16.2 Å². The van der Waals surface area contributed by atoms with Gasteiger partial charge in [-0.15, -0.1) is 36.2 Å². The van der Waals surface area contributed by atoms with E-state index in [0.717, 1.165) is 16.2 Å². The van der Waals surface area contributed by atoms with Gasteiger partial charge in [-0.05, 0) is 62.2 Å². The highest BCUT2D eigenvalue weighted by Gasteiger charge is 2.49. The lowest BCUT2D eigenvalue weighted by molar-refractivity contribution is -0.154. The second-order valence-corrected chi connectivity index (χ2v) is 11.4. The lowest BCUT2D eigenvalue weighted by atomic mass is 9.98. The summed E-state index contributed by atoms with van der Waals surface area (Å²) in [7, 11) is 0. The van der Waals surface area contributed by atoms with E-state index in [9.17, 15) is 29.1 Å². The fraction of sp³-hybridized carbons (Fsp3) is 0.444. The zero-order chi connectivity index (χ0) is 30.3. The average molecular weight is 695 g/mol. The number of nitrogens with zero attached hydrogens (tertiary/aromatic N) is 3. The molecule has 4 rings (SSSR count). The SMILES string of the molecule is Cl.Cl.NCCCC[C@](NCC=O)(C(=O)O)N(C[C@H]1CN(c2ccc(N3CCOCC3=O)cc2)C(=O)O1)C(=O)c1ccc(Cl)s1.